The summed E-state index contributed by atoms with van der Waals surface area (Å²) < 4.78 is 0. The first-order chi connectivity index (χ1) is 9.53. The molecule has 1 aliphatic rings. The van der Waals surface area contributed by atoms with Gasteiger partial charge < -0.3 is 15.3 Å². The minimum atomic E-state index is -0.939. The highest BCUT2D eigenvalue weighted by atomic mass is 16.4. The van der Waals surface area contributed by atoms with Crippen molar-refractivity contribution in [2.24, 2.45) is 5.92 Å². The Kier molecular flexibility index (Phi) is 6.37. The average molecular weight is 280 g/mol. The van der Waals surface area contributed by atoms with Crippen molar-refractivity contribution < 1.29 is 14.7 Å². The van der Waals surface area contributed by atoms with E-state index in [4.69, 9.17) is 6.42 Å². The SMILES string of the molecule is C#CC(CCC)NC(=O)N1CCC(CC)CC1C(=O)O. The molecule has 0 aromatic carbocycles. The topological polar surface area (TPSA) is 69.6 Å². The van der Waals surface area contributed by atoms with Gasteiger partial charge in [-0.05, 0) is 25.2 Å². The van der Waals surface area contributed by atoms with Gasteiger partial charge in [0.25, 0.3) is 0 Å². The van der Waals surface area contributed by atoms with Crippen LogP contribution in [-0.4, -0.2) is 40.6 Å². The van der Waals surface area contributed by atoms with Crippen LogP contribution in [0.25, 0.3) is 0 Å². The zero-order valence-electron chi connectivity index (χ0n) is 12.3. The molecule has 112 valence electrons. The van der Waals surface area contributed by atoms with Crippen molar-refractivity contribution in [3.05, 3.63) is 0 Å². The molecule has 3 unspecified atom stereocenters. The molecule has 3 atom stereocenters. The average Bonchev–Trinajstić information content (AvgIpc) is 2.45. The van der Waals surface area contributed by atoms with E-state index in [1.165, 1.54) is 4.90 Å². The standard InChI is InChI=1S/C15H24N2O3/c1-4-7-12(6-3)16-15(20)17-9-8-11(5-2)10-13(17)14(18)19/h3,11-13H,4-5,7-10H2,1-2H3,(H,16,20)(H,18,19). The second kappa shape index (κ2) is 7.78. The van der Waals surface area contributed by atoms with Crippen molar-refractivity contribution >= 4 is 12.0 Å². The Morgan fingerprint density at radius 3 is 2.70 bits per heavy atom. The van der Waals surface area contributed by atoms with E-state index in [2.05, 4.69) is 18.2 Å². The third-order valence-corrected chi connectivity index (χ3v) is 3.91. The van der Waals surface area contributed by atoms with Crippen molar-refractivity contribution in [1.82, 2.24) is 10.2 Å². The van der Waals surface area contributed by atoms with Gasteiger partial charge >= 0.3 is 12.0 Å². The van der Waals surface area contributed by atoms with Gasteiger partial charge in [0.15, 0.2) is 0 Å². The summed E-state index contributed by atoms with van der Waals surface area (Å²) in [5, 5.41) is 12.0. The number of piperidine rings is 1. The van der Waals surface area contributed by atoms with Crippen molar-refractivity contribution in [2.45, 2.75) is 58.0 Å². The number of carbonyl (C=O) groups excluding carboxylic acids is 1. The van der Waals surface area contributed by atoms with E-state index >= 15 is 0 Å². The van der Waals surface area contributed by atoms with E-state index in [-0.39, 0.29) is 12.1 Å². The number of hydrogen-bond acceptors (Lipinski definition) is 2. The summed E-state index contributed by atoms with van der Waals surface area (Å²) in [6.07, 6.45) is 9.26. The molecule has 2 N–H and O–H groups in total. The monoisotopic (exact) mass is 280 g/mol. The first-order valence-corrected chi connectivity index (χ1v) is 7.29. The Bertz CT molecular complexity index is 389. The largest absolute Gasteiger partial charge is 0.480 e. The third-order valence-electron chi connectivity index (χ3n) is 3.91. The van der Waals surface area contributed by atoms with E-state index in [0.717, 1.165) is 19.3 Å². The molecule has 0 spiro atoms. The Labute approximate surface area is 120 Å². The molecule has 1 fully saturated rings. The number of likely N-dealkylation sites (tertiary alicyclic amines) is 1. The number of rotatable bonds is 5. The van der Waals surface area contributed by atoms with Crippen LogP contribution in [0.2, 0.25) is 0 Å². The quantitative estimate of drug-likeness (QED) is 0.757. The number of carboxylic acid groups (broad SMARTS) is 1. The van der Waals surface area contributed by atoms with Crippen LogP contribution in [0.4, 0.5) is 4.79 Å². The summed E-state index contributed by atoms with van der Waals surface area (Å²) in [5.74, 6) is 1.97. The van der Waals surface area contributed by atoms with Crippen molar-refractivity contribution in [3.63, 3.8) is 0 Å². The normalized spacial score (nSPS) is 23.8. The summed E-state index contributed by atoms with van der Waals surface area (Å²) in [5.41, 5.74) is 0. The number of hydrogen-bond donors (Lipinski definition) is 2. The number of carboxylic acids is 1. The van der Waals surface area contributed by atoms with Crippen molar-refractivity contribution in [1.29, 1.82) is 0 Å². The van der Waals surface area contributed by atoms with Crippen molar-refractivity contribution in [2.75, 3.05) is 6.54 Å². The van der Waals surface area contributed by atoms with Crippen LogP contribution in [0.3, 0.4) is 0 Å². The minimum Gasteiger partial charge on any atom is -0.480 e. The lowest BCUT2D eigenvalue weighted by Gasteiger charge is -2.37. The Morgan fingerprint density at radius 2 is 2.20 bits per heavy atom. The Morgan fingerprint density at radius 1 is 1.50 bits per heavy atom. The van der Waals surface area contributed by atoms with Crippen LogP contribution in [-0.2, 0) is 4.79 Å². The summed E-state index contributed by atoms with van der Waals surface area (Å²) in [4.78, 5) is 25.0. The molecule has 20 heavy (non-hydrogen) atoms. The van der Waals surface area contributed by atoms with Gasteiger partial charge in [-0.2, -0.15) is 0 Å². The van der Waals surface area contributed by atoms with Crippen LogP contribution in [0.15, 0.2) is 0 Å². The maximum atomic E-state index is 12.2. The zero-order chi connectivity index (χ0) is 15.1. The van der Waals surface area contributed by atoms with Crippen LogP contribution in [0.1, 0.15) is 46.0 Å². The van der Waals surface area contributed by atoms with Gasteiger partial charge in [-0.15, -0.1) is 6.42 Å². The van der Waals surface area contributed by atoms with Crippen LogP contribution in [0, 0.1) is 18.3 Å². The van der Waals surface area contributed by atoms with Crippen LogP contribution in [0.5, 0.6) is 0 Å². The second-order valence-corrected chi connectivity index (χ2v) is 5.30. The van der Waals surface area contributed by atoms with E-state index in [1.807, 2.05) is 6.92 Å². The number of terminal acetylenes is 1. The van der Waals surface area contributed by atoms with Gasteiger partial charge in [-0.1, -0.05) is 32.6 Å². The van der Waals surface area contributed by atoms with Gasteiger partial charge in [0, 0.05) is 6.54 Å². The van der Waals surface area contributed by atoms with E-state index in [0.29, 0.717) is 25.3 Å². The highest BCUT2D eigenvalue weighted by molar-refractivity contribution is 5.83. The minimum absolute atomic E-state index is 0.328. The van der Waals surface area contributed by atoms with Crippen LogP contribution < -0.4 is 5.32 Å². The highest BCUT2D eigenvalue weighted by Crippen LogP contribution is 2.25. The molecule has 1 saturated heterocycles. The van der Waals surface area contributed by atoms with Gasteiger partial charge in [-0.3, -0.25) is 0 Å². The fraction of sp³-hybridized carbons (Fsp3) is 0.733. The zero-order valence-corrected chi connectivity index (χ0v) is 12.3. The lowest BCUT2D eigenvalue weighted by Crippen LogP contribution is -2.55. The number of urea groups is 1. The molecule has 0 saturated carbocycles. The molecule has 0 aliphatic carbocycles. The molecular formula is C15H24N2O3. The summed E-state index contributed by atoms with van der Waals surface area (Å²) in [7, 11) is 0. The van der Waals surface area contributed by atoms with Gasteiger partial charge in [0.05, 0.1) is 6.04 Å². The maximum Gasteiger partial charge on any atom is 0.326 e. The van der Waals surface area contributed by atoms with Crippen LogP contribution >= 0.6 is 0 Å². The van der Waals surface area contributed by atoms with E-state index in [1.54, 1.807) is 0 Å². The third kappa shape index (κ3) is 4.16. The molecule has 2 amide bonds. The Balaban J connectivity index is 2.70. The molecule has 1 aliphatic heterocycles. The van der Waals surface area contributed by atoms with Gasteiger partial charge in [0.2, 0.25) is 0 Å². The fourth-order valence-corrected chi connectivity index (χ4v) is 2.60. The molecule has 0 aromatic rings. The van der Waals surface area contributed by atoms with Gasteiger partial charge in [0.1, 0.15) is 6.04 Å². The first-order valence-electron chi connectivity index (χ1n) is 7.29. The summed E-state index contributed by atoms with van der Waals surface area (Å²) >= 11 is 0. The number of nitrogens with zero attached hydrogens (tertiary/aromatic N) is 1. The lowest BCUT2D eigenvalue weighted by atomic mass is 9.89. The molecule has 5 nitrogen and oxygen atoms in total. The van der Waals surface area contributed by atoms with Gasteiger partial charge in [-0.25, -0.2) is 9.59 Å². The fourth-order valence-electron chi connectivity index (χ4n) is 2.60. The predicted octanol–water partition coefficient (Wildman–Crippen LogP) is 2.07. The predicted molar refractivity (Wildman–Crippen MR) is 77.2 cm³/mol. The molecule has 1 rings (SSSR count). The number of amides is 2. The Hall–Kier alpha value is -1.70. The number of aliphatic carboxylic acids is 1. The first kappa shape index (κ1) is 16.4. The summed E-state index contributed by atoms with van der Waals surface area (Å²) in [6.45, 7) is 4.52. The molecule has 0 aromatic heterocycles. The molecule has 1 heterocycles. The lowest BCUT2D eigenvalue weighted by molar-refractivity contribution is -0.144. The molecular weight excluding hydrogens is 256 g/mol. The second-order valence-electron chi connectivity index (χ2n) is 5.30. The molecule has 5 heteroatoms. The number of nitrogens with one attached hydrogen (secondary N) is 1. The number of carbonyl (C=O) groups is 2. The maximum absolute atomic E-state index is 12.2. The molecule has 0 bridgehead atoms. The van der Waals surface area contributed by atoms with E-state index < -0.39 is 12.0 Å². The highest BCUT2D eigenvalue weighted by Gasteiger charge is 2.35. The molecule has 0 radical (unpaired) electrons. The summed E-state index contributed by atoms with van der Waals surface area (Å²) in [6, 6.07) is -1.43. The van der Waals surface area contributed by atoms with Crippen molar-refractivity contribution in [3.8, 4) is 12.3 Å². The van der Waals surface area contributed by atoms with E-state index in [9.17, 15) is 14.7 Å². The smallest absolute Gasteiger partial charge is 0.326 e.